The van der Waals surface area contributed by atoms with Gasteiger partial charge in [-0.1, -0.05) is 98.8 Å². The van der Waals surface area contributed by atoms with Crippen molar-refractivity contribution < 1.29 is 19.8 Å². The predicted octanol–water partition coefficient (Wildman–Crippen LogP) is 7.16. The lowest BCUT2D eigenvalue weighted by molar-refractivity contribution is -0.162. The van der Waals surface area contributed by atoms with Gasteiger partial charge in [-0.25, -0.2) is 0 Å². The SMILES string of the molecule is CCC(CCCCCCCCCCCCC(=O)O)C(C(=O)O)(C(C)C)C(C)C. The Morgan fingerprint density at radius 2 is 1.11 bits per heavy atom. The summed E-state index contributed by atoms with van der Waals surface area (Å²) in [6.07, 6.45) is 13.8. The van der Waals surface area contributed by atoms with Crippen molar-refractivity contribution in [1.82, 2.24) is 0 Å². The molecule has 166 valence electrons. The summed E-state index contributed by atoms with van der Waals surface area (Å²) < 4.78 is 0. The Balaban J connectivity index is 4.04. The standard InChI is InChI=1S/C24H46O4/c1-6-21(24(19(2)3,20(4)5)23(27)28)17-15-13-11-9-7-8-10-12-14-16-18-22(25)26/h19-21H,6-18H2,1-5H3,(H,25,26)(H,27,28). The second kappa shape index (κ2) is 14.9. The van der Waals surface area contributed by atoms with Crippen molar-refractivity contribution >= 4 is 11.9 Å². The Labute approximate surface area is 173 Å². The summed E-state index contributed by atoms with van der Waals surface area (Å²) in [5, 5.41) is 18.6. The van der Waals surface area contributed by atoms with Gasteiger partial charge >= 0.3 is 11.9 Å². The Morgan fingerprint density at radius 3 is 1.43 bits per heavy atom. The first-order valence-electron chi connectivity index (χ1n) is 11.7. The molecule has 0 saturated carbocycles. The van der Waals surface area contributed by atoms with Crippen molar-refractivity contribution in [3.63, 3.8) is 0 Å². The summed E-state index contributed by atoms with van der Waals surface area (Å²) in [4.78, 5) is 22.7. The second-order valence-corrected chi connectivity index (χ2v) is 9.12. The molecule has 0 bridgehead atoms. The molecule has 0 aliphatic heterocycles. The molecule has 0 aliphatic rings. The molecule has 1 unspecified atom stereocenters. The average molecular weight is 399 g/mol. The van der Waals surface area contributed by atoms with Gasteiger partial charge in [0.15, 0.2) is 0 Å². The molecular weight excluding hydrogens is 352 g/mol. The van der Waals surface area contributed by atoms with Crippen molar-refractivity contribution in [1.29, 1.82) is 0 Å². The maximum absolute atomic E-state index is 12.2. The first-order chi connectivity index (χ1) is 13.2. The molecule has 0 heterocycles. The van der Waals surface area contributed by atoms with Gasteiger partial charge in [0.1, 0.15) is 0 Å². The van der Waals surface area contributed by atoms with Crippen LogP contribution in [0.15, 0.2) is 0 Å². The van der Waals surface area contributed by atoms with Crippen molar-refractivity contribution in [2.75, 3.05) is 0 Å². The number of unbranched alkanes of at least 4 members (excludes halogenated alkanes) is 9. The molecule has 0 aromatic rings. The molecule has 4 heteroatoms. The highest BCUT2D eigenvalue weighted by atomic mass is 16.4. The van der Waals surface area contributed by atoms with Crippen LogP contribution < -0.4 is 0 Å². The fourth-order valence-electron chi connectivity index (χ4n) is 5.14. The van der Waals surface area contributed by atoms with E-state index in [9.17, 15) is 14.7 Å². The van der Waals surface area contributed by atoms with Crippen molar-refractivity contribution in [3.8, 4) is 0 Å². The Bertz CT molecular complexity index is 420. The number of hydrogen-bond donors (Lipinski definition) is 2. The smallest absolute Gasteiger partial charge is 0.310 e. The van der Waals surface area contributed by atoms with Crippen LogP contribution in [0.3, 0.4) is 0 Å². The third kappa shape index (κ3) is 8.96. The van der Waals surface area contributed by atoms with E-state index in [0.29, 0.717) is 6.42 Å². The van der Waals surface area contributed by atoms with Crippen LogP contribution in [0.25, 0.3) is 0 Å². The third-order valence-electron chi connectivity index (χ3n) is 6.64. The van der Waals surface area contributed by atoms with Crippen LogP contribution in [-0.4, -0.2) is 22.2 Å². The lowest BCUT2D eigenvalue weighted by atomic mass is 9.59. The number of carbonyl (C=O) groups is 2. The van der Waals surface area contributed by atoms with E-state index in [1.165, 1.54) is 38.5 Å². The molecule has 4 nitrogen and oxygen atoms in total. The average Bonchev–Trinajstić information content (AvgIpc) is 2.60. The van der Waals surface area contributed by atoms with E-state index in [1.807, 2.05) is 0 Å². The minimum absolute atomic E-state index is 0.144. The molecule has 0 saturated heterocycles. The summed E-state index contributed by atoms with van der Waals surface area (Å²) in [6.45, 7) is 10.4. The Hall–Kier alpha value is -1.06. The highest BCUT2D eigenvalue weighted by molar-refractivity contribution is 5.75. The largest absolute Gasteiger partial charge is 0.481 e. The van der Waals surface area contributed by atoms with Crippen LogP contribution in [0.5, 0.6) is 0 Å². The normalized spacial score (nSPS) is 13.2. The molecule has 0 rings (SSSR count). The maximum Gasteiger partial charge on any atom is 0.310 e. The molecule has 0 amide bonds. The lowest BCUT2D eigenvalue weighted by Crippen LogP contribution is -2.47. The van der Waals surface area contributed by atoms with E-state index in [1.54, 1.807) is 0 Å². The minimum Gasteiger partial charge on any atom is -0.481 e. The van der Waals surface area contributed by atoms with Crippen molar-refractivity contribution in [2.45, 2.75) is 118 Å². The van der Waals surface area contributed by atoms with Crippen LogP contribution in [0.1, 0.15) is 118 Å². The molecule has 1 atom stereocenters. The molecule has 0 aliphatic carbocycles. The second-order valence-electron chi connectivity index (χ2n) is 9.12. The van der Waals surface area contributed by atoms with E-state index < -0.39 is 17.4 Å². The third-order valence-corrected chi connectivity index (χ3v) is 6.64. The molecule has 28 heavy (non-hydrogen) atoms. The minimum atomic E-state index is -0.687. The summed E-state index contributed by atoms with van der Waals surface area (Å²) in [5.41, 5.74) is -0.616. The Morgan fingerprint density at radius 1 is 0.714 bits per heavy atom. The number of hydrogen-bond acceptors (Lipinski definition) is 2. The van der Waals surface area contributed by atoms with Crippen LogP contribution in [0.2, 0.25) is 0 Å². The van der Waals surface area contributed by atoms with Gasteiger partial charge in [-0.3, -0.25) is 9.59 Å². The van der Waals surface area contributed by atoms with E-state index in [0.717, 1.165) is 38.5 Å². The summed E-state index contributed by atoms with van der Waals surface area (Å²) in [7, 11) is 0. The molecule has 0 fully saturated rings. The van der Waals surface area contributed by atoms with Gasteiger partial charge in [0.2, 0.25) is 0 Å². The highest BCUT2D eigenvalue weighted by Gasteiger charge is 2.49. The zero-order valence-corrected chi connectivity index (χ0v) is 19.1. The zero-order chi connectivity index (χ0) is 21.6. The van der Waals surface area contributed by atoms with Crippen molar-refractivity contribution in [2.24, 2.45) is 23.2 Å². The molecule has 0 aromatic carbocycles. The zero-order valence-electron chi connectivity index (χ0n) is 19.1. The first kappa shape index (κ1) is 26.9. The monoisotopic (exact) mass is 398 g/mol. The fourth-order valence-corrected chi connectivity index (χ4v) is 5.14. The van der Waals surface area contributed by atoms with Crippen LogP contribution in [0.4, 0.5) is 0 Å². The van der Waals surface area contributed by atoms with E-state index in [-0.39, 0.29) is 17.8 Å². The maximum atomic E-state index is 12.2. The fraction of sp³-hybridized carbons (Fsp3) is 0.917. The molecule has 0 aromatic heterocycles. The summed E-state index contributed by atoms with van der Waals surface area (Å²) in [6, 6.07) is 0. The van der Waals surface area contributed by atoms with E-state index >= 15 is 0 Å². The van der Waals surface area contributed by atoms with Gasteiger partial charge in [0, 0.05) is 6.42 Å². The van der Waals surface area contributed by atoms with Gasteiger partial charge in [-0.15, -0.1) is 0 Å². The van der Waals surface area contributed by atoms with Crippen molar-refractivity contribution in [3.05, 3.63) is 0 Å². The summed E-state index contributed by atoms with van der Waals surface area (Å²) in [5.74, 6) is -0.771. The predicted molar refractivity (Wildman–Crippen MR) is 117 cm³/mol. The Kier molecular flexibility index (Phi) is 14.3. The number of rotatable bonds is 18. The molecule has 0 radical (unpaired) electrons. The number of carboxylic acids is 2. The highest BCUT2D eigenvalue weighted by Crippen LogP contribution is 2.47. The van der Waals surface area contributed by atoms with Gasteiger partial charge in [0.05, 0.1) is 5.41 Å². The van der Waals surface area contributed by atoms with Crippen LogP contribution in [0, 0.1) is 23.2 Å². The van der Waals surface area contributed by atoms with Crippen LogP contribution >= 0.6 is 0 Å². The van der Waals surface area contributed by atoms with E-state index in [2.05, 4.69) is 34.6 Å². The van der Waals surface area contributed by atoms with E-state index in [4.69, 9.17) is 5.11 Å². The summed E-state index contributed by atoms with van der Waals surface area (Å²) >= 11 is 0. The molecule has 2 N–H and O–H groups in total. The number of aliphatic carboxylic acids is 2. The van der Waals surface area contributed by atoms with Gasteiger partial charge in [-0.05, 0) is 30.6 Å². The van der Waals surface area contributed by atoms with Gasteiger partial charge in [-0.2, -0.15) is 0 Å². The topological polar surface area (TPSA) is 74.6 Å². The van der Waals surface area contributed by atoms with Crippen LogP contribution in [-0.2, 0) is 9.59 Å². The lowest BCUT2D eigenvalue weighted by Gasteiger charge is -2.44. The molecule has 0 spiro atoms. The van der Waals surface area contributed by atoms with Gasteiger partial charge in [0.25, 0.3) is 0 Å². The number of carboxylic acid groups (broad SMARTS) is 2. The quantitative estimate of drug-likeness (QED) is 0.240. The first-order valence-corrected chi connectivity index (χ1v) is 11.7. The molecular formula is C24H46O4. The van der Waals surface area contributed by atoms with Gasteiger partial charge < -0.3 is 10.2 Å².